The van der Waals surface area contributed by atoms with Gasteiger partial charge in [-0.05, 0) is 76.2 Å². The number of rotatable bonds is 5. The number of hydrogen-bond donors (Lipinski definition) is 0. The summed E-state index contributed by atoms with van der Waals surface area (Å²) in [5, 5.41) is 7.41. The second-order valence-corrected chi connectivity index (χ2v) is 13.5. The Kier molecular flexibility index (Phi) is 6.39. The van der Waals surface area contributed by atoms with Crippen LogP contribution >= 0.6 is 11.3 Å². The topological polar surface area (TPSA) is 16.4 Å². The van der Waals surface area contributed by atoms with Crippen molar-refractivity contribution in [3.05, 3.63) is 176 Å². The van der Waals surface area contributed by atoms with Crippen LogP contribution < -0.4 is 4.90 Å². The molecule has 10 rings (SSSR count). The zero-order valence-corrected chi connectivity index (χ0v) is 27.3. The molecule has 2 heterocycles. The maximum Gasteiger partial charge on any atom is 0.136 e. The third kappa shape index (κ3) is 4.55. The van der Waals surface area contributed by atoms with E-state index in [-0.39, 0.29) is 0 Å². The van der Waals surface area contributed by atoms with Crippen LogP contribution in [0.5, 0.6) is 0 Å². The average molecular weight is 644 g/mol. The summed E-state index contributed by atoms with van der Waals surface area (Å²) < 4.78 is 8.85. The van der Waals surface area contributed by atoms with Gasteiger partial charge in [-0.1, -0.05) is 127 Å². The fraction of sp³-hybridized carbons (Fsp3) is 0. The number of nitrogens with zero attached hydrogens (tertiary/aromatic N) is 1. The zero-order valence-electron chi connectivity index (χ0n) is 26.5. The summed E-state index contributed by atoms with van der Waals surface area (Å²) in [6.45, 7) is 0. The molecule has 0 unspecified atom stereocenters. The summed E-state index contributed by atoms with van der Waals surface area (Å²) in [7, 11) is 0. The van der Waals surface area contributed by atoms with Crippen LogP contribution in [-0.2, 0) is 0 Å². The molecule has 0 fully saturated rings. The largest absolute Gasteiger partial charge is 0.456 e. The number of benzene rings is 8. The van der Waals surface area contributed by atoms with E-state index in [1.807, 2.05) is 23.5 Å². The zero-order chi connectivity index (χ0) is 32.3. The van der Waals surface area contributed by atoms with E-state index in [0.717, 1.165) is 44.6 Å². The van der Waals surface area contributed by atoms with Crippen molar-refractivity contribution in [2.45, 2.75) is 0 Å². The smallest absolute Gasteiger partial charge is 0.136 e. The standard InChI is InChI=1S/C46H29NOS/c1-2-10-30(11-3-1)31-20-25-34(26-21-31)47(40-16-8-12-33-24-29-38-37-13-5-7-19-43(37)49-46(38)44(33)40)35-27-22-32(23-28-35)36-15-9-18-42-45(36)39-14-4-6-17-41(39)48-42/h1-29H. The number of para-hydroxylation sites is 1. The van der Waals surface area contributed by atoms with Gasteiger partial charge in [0.15, 0.2) is 0 Å². The monoisotopic (exact) mass is 643 g/mol. The Labute approximate surface area is 287 Å². The van der Waals surface area contributed by atoms with Crippen LogP contribution in [0.2, 0.25) is 0 Å². The van der Waals surface area contributed by atoms with Crippen molar-refractivity contribution in [3.63, 3.8) is 0 Å². The SMILES string of the molecule is c1ccc(-c2ccc(N(c3ccc(-c4cccc5oc6ccccc6c45)cc3)c3cccc4ccc5c6ccccc6sc5c34)cc2)cc1. The molecule has 230 valence electrons. The third-order valence-corrected chi connectivity index (χ3v) is 10.9. The van der Waals surface area contributed by atoms with E-state index >= 15 is 0 Å². The minimum Gasteiger partial charge on any atom is -0.456 e. The summed E-state index contributed by atoms with van der Waals surface area (Å²) in [4.78, 5) is 2.42. The van der Waals surface area contributed by atoms with Gasteiger partial charge < -0.3 is 9.32 Å². The first-order valence-corrected chi connectivity index (χ1v) is 17.4. The maximum atomic E-state index is 6.22. The van der Waals surface area contributed by atoms with Gasteiger partial charge >= 0.3 is 0 Å². The molecule has 0 saturated carbocycles. The molecule has 2 aromatic heterocycles. The van der Waals surface area contributed by atoms with Gasteiger partial charge in [0.1, 0.15) is 11.2 Å². The first kappa shape index (κ1) is 27.9. The fourth-order valence-electron chi connectivity index (χ4n) is 7.39. The van der Waals surface area contributed by atoms with Crippen LogP contribution in [0, 0.1) is 0 Å². The van der Waals surface area contributed by atoms with Crippen molar-refractivity contribution in [2.24, 2.45) is 0 Å². The van der Waals surface area contributed by atoms with Gasteiger partial charge in [-0.15, -0.1) is 11.3 Å². The molecule has 0 bridgehead atoms. The van der Waals surface area contributed by atoms with Gasteiger partial charge in [0.25, 0.3) is 0 Å². The van der Waals surface area contributed by atoms with E-state index in [2.05, 4.69) is 169 Å². The van der Waals surface area contributed by atoms with E-state index < -0.39 is 0 Å². The van der Waals surface area contributed by atoms with Crippen molar-refractivity contribution in [1.29, 1.82) is 0 Å². The molecule has 0 N–H and O–H groups in total. The number of hydrogen-bond acceptors (Lipinski definition) is 3. The Morgan fingerprint density at radius 2 is 1.06 bits per heavy atom. The van der Waals surface area contributed by atoms with Crippen molar-refractivity contribution in [1.82, 2.24) is 0 Å². The van der Waals surface area contributed by atoms with Gasteiger partial charge in [0, 0.05) is 47.7 Å². The second kappa shape index (κ2) is 11.2. The molecule has 10 aromatic rings. The van der Waals surface area contributed by atoms with E-state index in [4.69, 9.17) is 4.42 Å². The van der Waals surface area contributed by atoms with E-state index in [0.29, 0.717) is 0 Å². The third-order valence-electron chi connectivity index (χ3n) is 9.68. The minimum absolute atomic E-state index is 0.908. The molecule has 2 nitrogen and oxygen atoms in total. The number of fused-ring (bicyclic) bond motifs is 8. The molecule has 0 saturated heterocycles. The van der Waals surface area contributed by atoms with Crippen molar-refractivity contribution in [3.8, 4) is 22.3 Å². The molecule has 0 aliphatic carbocycles. The van der Waals surface area contributed by atoms with E-state index in [1.54, 1.807) is 0 Å². The van der Waals surface area contributed by atoms with Gasteiger partial charge in [0.2, 0.25) is 0 Å². The molecule has 49 heavy (non-hydrogen) atoms. The van der Waals surface area contributed by atoms with E-state index in [9.17, 15) is 0 Å². The lowest BCUT2D eigenvalue weighted by Crippen LogP contribution is -2.10. The highest BCUT2D eigenvalue weighted by molar-refractivity contribution is 7.26. The molecule has 8 aromatic carbocycles. The van der Waals surface area contributed by atoms with Crippen molar-refractivity contribution >= 4 is 81.3 Å². The van der Waals surface area contributed by atoms with Crippen LogP contribution in [0.4, 0.5) is 17.1 Å². The van der Waals surface area contributed by atoms with Crippen molar-refractivity contribution < 1.29 is 4.42 Å². The van der Waals surface area contributed by atoms with E-state index in [1.165, 1.54) is 47.6 Å². The summed E-state index contributed by atoms with van der Waals surface area (Å²) in [5.74, 6) is 0. The lowest BCUT2D eigenvalue weighted by atomic mass is 9.98. The molecule has 3 heteroatoms. The van der Waals surface area contributed by atoms with Gasteiger partial charge in [-0.2, -0.15) is 0 Å². The molecule has 0 aliphatic rings. The highest BCUT2D eigenvalue weighted by atomic mass is 32.1. The number of anilines is 3. The average Bonchev–Trinajstić information content (AvgIpc) is 3.75. The minimum atomic E-state index is 0.908. The van der Waals surface area contributed by atoms with Gasteiger partial charge in [-0.25, -0.2) is 0 Å². The van der Waals surface area contributed by atoms with Gasteiger partial charge in [0.05, 0.1) is 5.69 Å². The summed E-state index contributed by atoms with van der Waals surface area (Å²) in [5.41, 5.74) is 9.94. The molecule has 0 spiro atoms. The molecule has 0 radical (unpaired) electrons. The quantitative estimate of drug-likeness (QED) is 0.186. The lowest BCUT2D eigenvalue weighted by molar-refractivity contribution is 0.669. The Morgan fingerprint density at radius 3 is 1.88 bits per heavy atom. The first-order valence-electron chi connectivity index (χ1n) is 16.6. The van der Waals surface area contributed by atoms with Crippen LogP contribution in [0.25, 0.3) is 75.1 Å². The lowest BCUT2D eigenvalue weighted by Gasteiger charge is -2.27. The molecule has 0 amide bonds. The summed E-state index contributed by atoms with van der Waals surface area (Å²) in [6.07, 6.45) is 0. The summed E-state index contributed by atoms with van der Waals surface area (Å²) in [6, 6.07) is 63.2. The maximum absolute atomic E-state index is 6.22. The Balaban J connectivity index is 1.17. The normalized spacial score (nSPS) is 11.7. The van der Waals surface area contributed by atoms with Crippen LogP contribution in [0.3, 0.4) is 0 Å². The second-order valence-electron chi connectivity index (χ2n) is 12.5. The Hall–Kier alpha value is -6.16. The Bertz CT molecular complexity index is 2810. The van der Waals surface area contributed by atoms with Crippen LogP contribution in [0.15, 0.2) is 180 Å². The Morgan fingerprint density at radius 1 is 0.408 bits per heavy atom. The summed E-state index contributed by atoms with van der Waals surface area (Å²) >= 11 is 1.88. The highest BCUT2D eigenvalue weighted by Crippen LogP contribution is 2.46. The molecular formula is C46H29NOS. The van der Waals surface area contributed by atoms with Crippen LogP contribution in [-0.4, -0.2) is 0 Å². The highest BCUT2D eigenvalue weighted by Gasteiger charge is 2.20. The first-order chi connectivity index (χ1) is 24.3. The predicted octanol–water partition coefficient (Wildman–Crippen LogP) is 13.9. The number of furan rings is 1. The predicted molar refractivity (Wildman–Crippen MR) is 210 cm³/mol. The van der Waals surface area contributed by atoms with Crippen LogP contribution in [0.1, 0.15) is 0 Å². The van der Waals surface area contributed by atoms with Gasteiger partial charge in [-0.3, -0.25) is 0 Å². The van der Waals surface area contributed by atoms with Crippen molar-refractivity contribution in [2.75, 3.05) is 4.90 Å². The molecule has 0 aliphatic heterocycles. The molecular weight excluding hydrogens is 615 g/mol. The number of thiophene rings is 1. The molecule has 0 atom stereocenters. The fourth-order valence-corrected chi connectivity index (χ4v) is 8.65.